The van der Waals surface area contributed by atoms with Crippen LogP contribution >= 0.6 is 0 Å². The van der Waals surface area contributed by atoms with Crippen molar-refractivity contribution in [1.82, 2.24) is 4.90 Å². The molecule has 0 heterocycles. The third kappa shape index (κ3) is 4.19. The van der Waals surface area contributed by atoms with Crippen LogP contribution < -0.4 is 0 Å². The summed E-state index contributed by atoms with van der Waals surface area (Å²) >= 11 is 0. The molecular weight excluding hydrogens is 289 g/mol. The zero-order chi connectivity index (χ0) is 16.2. The average molecular weight is 311 g/mol. The Morgan fingerprint density at radius 1 is 1.13 bits per heavy atom. The molecule has 3 rings (SSSR count). The summed E-state index contributed by atoms with van der Waals surface area (Å²) in [6, 6.07) is 16.9. The molecule has 0 bridgehead atoms. The molecule has 0 aromatic heterocycles. The lowest BCUT2D eigenvalue weighted by Gasteiger charge is -2.24. The van der Waals surface area contributed by atoms with E-state index in [1.165, 1.54) is 17.7 Å². The first-order valence-electron chi connectivity index (χ1n) is 8.22. The number of amides is 1. The zero-order valence-electron chi connectivity index (χ0n) is 13.4. The van der Waals surface area contributed by atoms with E-state index in [1.807, 2.05) is 23.1 Å². The fraction of sp³-hybridized carbons (Fsp3) is 0.350. The third-order valence-electron chi connectivity index (χ3n) is 4.42. The third-order valence-corrected chi connectivity index (χ3v) is 4.42. The van der Waals surface area contributed by atoms with Crippen LogP contribution in [0.25, 0.3) is 0 Å². The molecule has 3 heteroatoms. The largest absolute Gasteiger partial charge is 0.335 e. The van der Waals surface area contributed by atoms with Crippen LogP contribution in [0.15, 0.2) is 54.6 Å². The standard InChI is InChI=1S/C20H22FNO/c1-15(17-5-3-2-4-6-17)13-20(23)22(19-11-12-19)14-16-7-9-18(21)10-8-16/h2-10,15,19H,11-14H2,1H3. The van der Waals surface area contributed by atoms with Gasteiger partial charge in [-0.15, -0.1) is 0 Å². The Bertz CT molecular complexity index is 649. The van der Waals surface area contributed by atoms with Gasteiger partial charge in [0.15, 0.2) is 0 Å². The lowest BCUT2D eigenvalue weighted by atomic mass is 9.97. The molecule has 120 valence electrons. The van der Waals surface area contributed by atoms with Crippen LogP contribution in [-0.2, 0) is 11.3 Å². The highest BCUT2D eigenvalue weighted by atomic mass is 19.1. The van der Waals surface area contributed by atoms with E-state index in [4.69, 9.17) is 0 Å². The van der Waals surface area contributed by atoms with Gasteiger partial charge < -0.3 is 4.90 Å². The summed E-state index contributed by atoms with van der Waals surface area (Å²) in [4.78, 5) is 14.7. The molecular formula is C20H22FNO. The summed E-state index contributed by atoms with van der Waals surface area (Å²) in [7, 11) is 0. The number of carbonyl (C=O) groups excluding carboxylic acids is 1. The SMILES string of the molecule is CC(CC(=O)N(Cc1ccc(F)cc1)C1CC1)c1ccccc1. The first-order chi connectivity index (χ1) is 11.1. The normalized spacial score (nSPS) is 15.2. The predicted octanol–water partition coefficient (Wildman–Crippen LogP) is 4.51. The number of nitrogens with zero attached hydrogens (tertiary/aromatic N) is 1. The van der Waals surface area contributed by atoms with Crippen molar-refractivity contribution in [2.24, 2.45) is 0 Å². The van der Waals surface area contributed by atoms with Gasteiger partial charge in [-0.2, -0.15) is 0 Å². The topological polar surface area (TPSA) is 20.3 Å². The van der Waals surface area contributed by atoms with Crippen LogP contribution in [0.3, 0.4) is 0 Å². The molecule has 1 aliphatic rings. The minimum atomic E-state index is -0.240. The van der Waals surface area contributed by atoms with Crippen LogP contribution in [-0.4, -0.2) is 16.8 Å². The second-order valence-electron chi connectivity index (χ2n) is 6.40. The van der Waals surface area contributed by atoms with Crippen molar-refractivity contribution in [2.75, 3.05) is 0 Å². The minimum absolute atomic E-state index is 0.188. The summed E-state index contributed by atoms with van der Waals surface area (Å²) in [5, 5.41) is 0. The lowest BCUT2D eigenvalue weighted by molar-refractivity contribution is -0.132. The van der Waals surface area contributed by atoms with Gasteiger partial charge in [-0.1, -0.05) is 49.4 Å². The molecule has 1 fully saturated rings. The molecule has 2 aromatic rings. The summed E-state index contributed by atoms with van der Waals surface area (Å²) < 4.78 is 13.0. The van der Waals surface area contributed by atoms with Crippen molar-refractivity contribution in [3.05, 3.63) is 71.5 Å². The highest BCUT2D eigenvalue weighted by Crippen LogP contribution is 2.30. The maximum atomic E-state index is 13.0. The summed E-state index contributed by atoms with van der Waals surface area (Å²) in [5.74, 6) is 0.155. The van der Waals surface area contributed by atoms with E-state index in [0.717, 1.165) is 18.4 Å². The van der Waals surface area contributed by atoms with Crippen LogP contribution in [0.5, 0.6) is 0 Å². The van der Waals surface area contributed by atoms with E-state index in [1.54, 1.807) is 12.1 Å². The van der Waals surface area contributed by atoms with Crippen molar-refractivity contribution in [3.8, 4) is 0 Å². The lowest BCUT2D eigenvalue weighted by Crippen LogP contribution is -2.33. The van der Waals surface area contributed by atoms with Gasteiger partial charge in [0, 0.05) is 19.0 Å². The molecule has 23 heavy (non-hydrogen) atoms. The smallest absolute Gasteiger partial charge is 0.223 e. The van der Waals surface area contributed by atoms with Gasteiger partial charge in [0.25, 0.3) is 0 Å². The zero-order valence-corrected chi connectivity index (χ0v) is 13.4. The number of hydrogen-bond donors (Lipinski definition) is 0. The van der Waals surface area contributed by atoms with Crippen molar-refractivity contribution < 1.29 is 9.18 Å². The molecule has 1 amide bonds. The van der Waals surface area contributed by atoms with Crippen molar-refractivity contribution in [3.63, 3.8) is 0 Å². The second-order valence-corrected chi connectivity index (χ2v) is 6.40. The van der Waals surface area contributed by atoms with Crippen LogP contribution in [0.4, 0.5) is 4.39 Å². The maximum Gasteiger partial charge on any atom is 0.223 e. The van der Waals surface area contributed by atoms with E-state index < -0.39 is 0 Å². The Hall–Kier alpha value is -2.16. The molecule has 2 nitrogen and oxygen atoms in total. The molecule has 2 aromatic carbocycles. The molecule has 1 saturated carbocycles. The number of benzene rings is 2. The highest BCUT2D eigenvalue weighted by molar-refractivity contribution is 5.77. The monoisotopic (exact) mass is 311 g/mol. The maximum absolute atomic E-state index is 13.0. The molecule has 1 unspecified atom stereocenters. The Morgan fingerprint density at radius 3 is 2.39 bits per heavy atom. The van der Waals surface area contributed by atoms with Crippen molar-refractivity contribution in [2.45, 2.75) is 44.7 Å². The van der Waals surface area contributed by atoms with Gasteiger partial charge in [0.1, 0.15) is 5.82 Å². The van der Waals surface area contributed by atoms with E-state index >= 15 is 0 Å². The fourth-order valence-electron chi connectivity index (χ4n) is 2.87. The van der Waals surface area contributed by atoms with E-state index in [2.05, 4.69) is 19.1 Å². The van der Waals surface area contributed by atoms with Crippen molar-refractivity contribution >= 4 is 5.91 Å². The second kappa shape index (κ2) is 6.95. The summed E-state index contributed by atoms with van der Waals surface area (Å²) in [6.45, 7) is 2.67. The van der Waals surface area contributed by atoms with Crippen LogP contribution in [0.1, 0.15) is 43.2 Å². The quantitative estimate of drug-likeness (QED) is 0.768. The number of rotatable bonds is 6. The van der Waals surface area contributed by atoms with Gasteiger partial charge in [-0.25, -0.2) is 4.39 Å². The Morgan fingerprint density at radius 2 is 1.78 bits per heavy atom. The molecule has 1 atom stereocenters. The van der Waals surface area contributed by atoms with Crippen LogP contribution in [0, 0.1) is 5.82 Å². The van der Waals surface area contributed by atoms with Crippen LogP contribution in [0.2, 0.25) is 0 Å². The van der Waals surface area contributed by atoms with E-state index in [0.29, 0.717) is 19.0 Å². The first kappa shape index (κ1) is 15.7. The minimum Gasteiger partial charge on any atom is -0.335 e. The van der Waals surface area contributed by atoms with Gasteiger partial charge in [-0.3, -0.25) is 4.79 Å². The fourth-order valence-corrected chi connectivity index (χ4v) is 2.87. The Balaban J connectivity index is 1.66. The summed E-state index contributed by atoms with van der Waals surface area (Å²) in [5.41, 5.74) is 2.18. The van der Waals surface area contributed by atoms with Gasteiger partial charge in [-0.05, 0) is 42.0 Å². The van der Waals surface area contributed by atoms with E-state index in [-0.39, 0.29) is 17.6 Å². The average Bonchev–Trinajstić information content (AvgIpc) is 3.39. The number of hydrogen-bond acceptors (Lipinski definition) is 1. The molecule has 0 radical (unpaired) electrons. The number of carbonyl (C=O) groups is 1. The number of halogens is 1. The molecule has 0 N–H and O–H groups in total. The molecule has 0 saturated heterocycles. The molecule has 1 aliphatic carbocycles. The first-order valence-corrected chi connectivity index (χ1v) is 8.22. The predicted molar refractivity (Wildman–Crippen MR) is 89.4 cm³/mol. The van der Waals surface area contributed by atoms with Gasteiger partial charge in [0.2, 0.25) is 5.91 Å². The van der Waals surface area contributed by atoms with E-state index in [9.17, 15) is 9.18 Å². The Labute approximate surface area is 136 Å². The van der Waals surface area contributed by atoms with Gasteiger partial charge >= 0.3 is 0 Å². The summed E-state index contributed by atoms with van der Waals surface area (Å²) in [6.07, 6.45) is 2.67. The highest BCUT2D eigenvalue weighted by Gasteiger charge is 2.32. The van der Waals surface area contributed by atoms with Crippen molar-refractivity contribution in [1.29, 1.82) is 0 Å². The van der Waals surface area contributed by atoms with Gasteiger partial charge in [0.05, 0.1) is 0 Å². The Kier molecular flexibility index (Phi) is 4.75. The molecule has 0 aliphatic heterocycles. The molecule has 0 spiro atoms.